The second-order valence-corrected chi connectivity index (χ2v) is 4.45. The van der Waals surface area contributed by atoms with Gasteiger partial charge in [0, 0.05) is 12.0 Å². The largest absolute Gasteiger partial charge is 0.464 e. The SMILES string of the molecule is COC(=O)c1ccc(NCC2(C)COC2)nn1. The minimum absolute atomic E-state index is 0.169. The molecule has 2 rings (SSSR count). The first-order chi connectivity index (χ1) is 8.13. The number of carbonyl (C=O) groups excluding carboxylic acids is 1. The molecule has 1 aliphatic heterocycles. The molecule has 0 aliphatic carbocycles. The van der Waals surface area contributed by atoms with Gasteiger partial charge in [0.05, 0.1) is 20.3 Å². The number of esters is 1. The van der Waals surface area contributed by atoms with E-state index < -0.39 is 5.97 Å². The summed E-state index contributed by atoms with van der Waals surface area (Å²) in [5.41, 5.74) is 0.374. The number of methoxy groups -OCH3 is 1. The lowest BCUT2D eigenvalue weighted by atomic mass is 9.89. The molecule has 2 heterocycles. The van der Waals surface area contributed by atoms with Gasteiger partial charge in [-0.3, -0.25) is 0 Å². The normalized spacial score (nSPS) is 17.1. The molecule has 6 nitrogen and oxygen atoms in total. The Morgan fingerprint density at radius 3 is 2.76 bits per heavy atom. The van der Waals surface area contributed by atoms with Crippen LogP contribution in [-0.2, 0) is 9.47 Å². The van der Waals surface area contributed by atoms with E-state index in [0.29, 0.717) is 5.82 Å². The topological polar surface area (TPSA) is 73.3 Å². The Labute approximate surface area is 99.3 Å². The third kappa shape index (κ3) is 2.71. The Hall–Kier alpha value is -1.69. The third-order valence-corrected chi connectivity index (χ3v) is 2.66. The van der Waals surface area contributed by atoms with Gasteiger partial charge in [-0.15, -0.1) is 10.2 Å². The average Bonchev–Trinajstić information content (AvgIpc) is 2.33. The molecular formula is C11H15N3O3. The van der Waals surface area contributed by atoms with Gasteiger partial charge in [-0.1, -0.05) is 6.92 Å². The Balaban J connectivity index is 1.91. The van der Waals surface area contributed by atoms with Crippen molar-refractivity contribution in [2.45, 2.75) is 6.92 Å². The molecule has 0 spiro atoms. The Morgan fingerprint density at radius 1 is 1.53 bits per heavy atom. The van der Waals surface area contributed by atoms with Gasteiger partial charge in [-0.25, -0.2) is 4.79 Å². The van der Waals surface area contributed by atoms with E-state index in [9.17, 15) is 4.79 Å². The average molecular weight is 237 g/mol. The molecule has 0 aromatic carbocycles. The number of nitrogens with zero attached hydrogens (tertiary/aromatic N) is 2. The molecule has 0 saturated carbocycles. The number of aromatic nitrogens is 2. The van der Waals surface area contributed by atoms with Gasteiger partial charge in [-0.2, -0.15) is 0 Å². The number of hydrogen-bond acceptors (Lipinski definition) is 6. The predicted octanol–water partition coefficient (Wildman–Crippen LogP) is 0.712. The molecule has 92 valence electrons. The van der Waals surface area contributed by atoms with Gasteiger partial charge in [0.25, 0.3) is 0 Å². The van der Waals surface area contributed by atoms with Crippen LogP contribution in [0.15, 0.2) is 12.1 Å². The van der Waals surface area contributed by atoms with Crippen LogP contribution in [-0.4, -0.2) is 43.0 Å². The molecule has 17 heavy (non-hydrogen) atoms. The number of hydrogen-bond donors (Lipinski definition) is 1. The first-order valence-corrected chi connectivity index (χ1v) is 5.37. The number of anilines is 1. The lowest BCUT2D eigenvalue weighted by molar-refractivity contribution is -0.0924. The smallest absolute Gasteiger partial charge is 0.358 e. The van der Waals surface area contributed by atoms with Crippen LogP contribution in [0.5, 0.6) is 0 Å². The first-order valence-electron chi connectivity index (χ1n) is 5.37. The summed E-state index contributed by atoms with van der Waals surface area (Å²) in [6.07, 6.45) is 0. The predicted molar refractivity (Wildman–Crippen MR) is 60.8 cm³/mol. The molecule has 1 aromatic heterocycles. The monoisotopic (exact) mass is 237 g/mol. The van der Waals surface area contributed by atoms with Gasteiger partial charge in [0.2, 0.25) is 0 Å². The van der Waals surface area contributed by atoms with Gasteiger partial charge in [0.1, 0.15) is 5.82 Å². The van der Waals surface area contributed by atoms with Crippen LogP contribution < -0.4 is 5.32 Å². The fraction of sp³-hybridized carbons (Fsp3) is 0.545. The molecule has 0 atom stereocenters. The van der Waals surface area contributed by atoms with E-state index in [2.05, 4.69) is 27.2 Å². The Kier molecular flexibility index (Phi) is 3.23. The van der Waals surface area contributed by atoms with E-state index in [1.807, 2.05) is 0 Å². The zero-order chi connectivity index (χ0) is 12.3. The molecule has 1 N–H and O–H groups in total. The van der Waals surface area contributed by atoms with Crippen molar-refractivity contribution >= 4 is 11.8 Å². The van der Waals surface area contributed by atoms with Crippen molar-refractivity contribution in [3.63, 3.8) is 0 Å². The van der Waals surface area contributed by atoms with Gasteiger partial charge < -0.3 is 14.8 Å². The maximum atomic E-state index is 11.1. The Morgan fingerprint density at radius 2 is 2.29 bits per heavy atom. The van der Waals surface area contributed by atoms with E-state index in [-0.39, 0.29) is 11.1 Å². The summed E-state index contributed by atoms with van der Waals surface area (Å²) in [6.45, 7) is 4.43. The summed E-state index contributed by atoms with van der Waals surface area (Å²) in [5.74, 6) is 0.161. The second-order valence-electron chi connectivity index (χ2n) is 4.45. The van der Waals surface area contributed by atoms with Crippen molar-refractivity contribution in [3.05, 3.63) is 17.8 Å². The first kappa shape index (κ1) is 11.8. The second kappa shape index (κ2) is 4.67. The van der Waals surface area contributed by atoms with E-state index in [1.54, 1.807) is 12.1 Å². The molecule has 0 unspecified atom stereocenters. The van der Waals surface area contributed by atoms with Crippen molar-refractivity contribution in [2.75, 3.05) is 32.2 Å². The molecule has 0 radical (unpaired) electrons. The van der Waals surface area contributed by atoms with Crippen LogP contribution in [0.1, 0.15) is 17.4 Å². The summed E-state index contributed by atoms with van der Waals surface area (Å²) in [5, 5.41) is 10.8. The number of rotatable bonds is 4. The summed E-state index contributed by atoms with van der Waals surface area (Å²) in [7, 11) is 1.31. The maximum Gasteiger partial charge on any atom is 0.358 e. The van der Waals surface area contributed by atoms with Gasteiger partial charge >= 0.3 is 5.97 Å². The summed E-state index contributed by atoms with van der Waals surface area (Å²) in [6, 6.07) is 3.29. The summed E-state index contributed by atoms with van der Waals surface area (Å²) < 4.78 is 9.69. The lowest BCUT2D eigenvalue weighted by Crippen LogP contribution is -2.45. The molecule has 1 fully saturated rings. The fourth-order valence-electron chi connectivity index (χ4n) is 1.50. The van der Waals surface area contributed by atoms with Crippen LogP contribution in [0.25, 0.3) is 0 Å². The molecule has 6 heteroatoms. The molecule has 1 aliphatic rings. The zero-order valence-electron chi connectivity index (χ0n) is 9.90. The minimum Gasteiger partial charge on any atom is -0.464 e. The van der Waals surface area contributed by atoms with Crippen LogP contribution in [0, 0.1) is 5.41 Å². The van der Waals surface area contributed by atoms with Crippen molar-refractivity contribution in [1.29, 1.82) is 0 Å². The summed E-state index contributed by atoms with van der Waals surface area (Å²) >= 11 is 0. The highest BCUT2D eigenvalue weighted by molar-refractivity contribution is 5.86. The number of carbonyl (C=O) groups is 1. The van der Waals surface area contributed by atoms with E-state index in [1.165, 1.54) is 7.11 Å². The van der Waals surface area contributed by atoms with Crippen LogP contribution in [0.3, 0.4) is 0 Å². The molecular weight excluding hydrogens is 222 g/mol. The number of ether oxygens (including phenoxy) is 2. The van der Waals surface area contributed by atoms with Gasteiger partial charge in [0.15, 0.2) is 5.69 Å². The van der Waals surface area contributed by atoms with Crippen molar-refractivity contribution in [2.24, 2.45) is 5.41 Å². The van der Waals surface area contributed by atoms with E-state index in [0.717, 1.165) is 19.8 Å². The van der Waals surface area contributed by atoms with E-state index in [4.69, 9.17) is 4.74 Å². The van der Waals surface area contributed by atoms with Crippen molar-refractivity contribution in [3.8, 4) is 0 Å². The molecule has 0 bridgehead atoms. The summed E-state index contributed by atoms with van der Waals surface area (Å²) in [4.78, 5) is 11.1. The zero-order valence-corrected chi connectivity index (χ0v) is 9.90. The molecule has 1 aromatic rings. The fourth-order valence-corrected chi connectivity index (χ4v) is 1.50. The van der Waals surface area contributed by atoms with Crippen LogP contribution in [0.2, 0.25) is 0 Å². The molecule has 0 amide bonds. The minimum atomic E-state index is -0.483. The number of nitrogens with one attached hydrogen (secondary N) is 1. The van der Waals surface area contributed by atoms with E-state index >= 15 is 0 Å². The van der Waals surface area contributed by atoms with Gasteiger partial charge in [-0.05, 0) is 12.1 Å². The highest BCUT2D eigenvalue weighted by Gasteiger charge is 2.33. The quantitative estimate of drug-likeness (QED) is 0.777. The lowest BCUT2D eigenvalue weighted by Gasteiger charge is -2.38. The highest BCUT2D eigenvalue weighted by atomic mass is 16.5. The molecule has 1 saturated heterocycles. The Bertz CT molecular complexity index is 401. The van der Waals surface area contributed by atoms with Crippen LogP contribution in [0.4, 0.5) is 5.82 Å². The third-order valence-electron chi connectivity index (χ3n) is 2.66. The standard InChI is InChI=1S/C11H15N3O3/c1-11(6-17-7-11)5-12-9-4-3-8(13-14-9)10(15)16-2/h3-4H,5-7H2,1-2H3,(H,12,14). The van der Waals surface area contributed by atoms with Crippen LogP contribution >= 0.6 is 0 Å². The van der Waals surface area contributed by atoms with Crippen molar-refractivity contribution < 1.29 is 14.3 Å². The maximum absolute atomic E-state index is 11.1. The highest BCUT2D eigenvalue weighted by Crippen LogP contribution is 2.26. The van der Waals surface area contributed by atoms with Crippen molar-refractivity contribution in [1.82, 2.24) is 10.2 Å².